The molecule has 2 aliphatic heterocycles. The van der Waals surface area contributed by atoms with Gasteiger partial charge in [-0.1, -0.05) is 18.2 Å². The third-order valence-electron chi connectivity index (χ3n) is 4.92. The predicted molar refractivity (Wildman–Crippen MR) is 113 cm³/mol. The molecule has 4 rings (SSSR count). The van der Waals surface area contributed by atoms with Crippen molar-refractivity contribution in [2.24, 2.45) is 0 Å². The second-order valence-corrected chi connectivity index (χ2v) is 6.85. The molecule has 1 N–H and O–H groups in total. The minimum Gasteiger partial charge on any atom is -0.457 e. The van der Waals surface area contributed by atoms with E-state index in [-0.39, 0.29) is 24.8 Å². The van der Waals surface area contributed by atoms with E-state index >= 15 is 0 Å². The van der Waals surface area contributed by atoms with Crippen molar-refractivity contribution in [2.45, 2.75) is 13.2 Å². The topological polar surface area (TPSA) is 45.2 Å². The van der Waals surface area contributed by atoms with Gasteiger partial charge in [-0.25, -0.2) is 0 Å². The summed E-state index contributed by atoms with van der Waals surface area (Å²) in [5, 5.41) is 9.83. The summed E-state index contributed by atoms with van der Waals surface area (Å²) in [6.45, 7) is 5.85. The highest BCUT2D eigenvalue weighted by Crippen LogP contribution is 2.24. The summed E-state index contributed by atoms with van der Waals surface area (Å²) < 4.78 is 11.2. The maximum atomic E-state index is 9.83. The van der Waals surface area contributed by atoms with Gasteiger partial charge >= 0.3 is 7.12 Å². The molecule has 5 nitrogen and oxygen atoms in total. The third-order valence-corrected chi connectivity index (χ3v) is 4.92. The molecule has 1 fully saturated rings. The van der Waals surface area contributed by atoms with Crippen molar-refractivity contribution in [3.8, 4) is 11.5 Å². The van der Waals surface area contributed by atoms with Gasteiger partial charge in [0.05, 0.1) is 6.61 Å². The van der Waals surface area contributed by atoms with E-state index in [1.807, 2.05) is 30.3 Å². The SMILES string of the molecule is CN1CCN(Cc2cccc(Oc3ccc4c(c3)B(O)OC4)c2)CC1.Cl.Cl. The van der Waals surface area contributed by atoms with E-state index in [9.17, 15) is 5.02 Å². The molecule has 146 valence electrons. The fourth-order valence-electron chi connectivity index (χ4n) is 3.36. The molecule has 0 unspecified atom stereocenters. The standard InChI is InChI=1S/C19H23BN2O3.2ClH/c1-21-7-9-22(10-8-21)13-15-3-2-4-17(11-15)25-18-6-5-16-14-24-20(23)19(16)12-18;;/h2-6,11-12,23H,7-10,13-14H2,1H3;2*1H. The number of likely N-dealkylation sites (N-methyl/N-ethyl adjacent to an activating group) is 1. The first-order valence-electron chi connectivity index (χ1n) is 8.77. The van der Waals surface area contributed by atoms with Gasteiger partial charge in [0.15, 0.2) is 0 Å². The van der Waals surface area contributed by atoms with Crippen LogP contribution in [0.3, 0.4) is 0 Å². The largest absolute Gasteiger partial charge is 0.491 e. The van der Waals surface area contributed by atoms with Crippen LogP contribution in [-0.4, -0.2) is 55.2 Å². The number of hydrogen-bond acceptors (Lipinski definition) is 5. The molecule has 0 aliphatic carbocycles. The molecule has 2 aromatic carbocycles. The van der Waals surface area contributed by atoms with Crippen LogP contribution < -0.4 is 10.2 Å². The van der Waals surface area contributed by atoms with Crippen LogP contribution >= 0.6 is 24.8 Å². The van der Waals surface area contributed by atoms with E-state index in [1.54, 1.807) is 0 Å². The number of benzene rings is 2. The predicted octanol–water partition coefficient (Wildman–Crippen LogP) is 2.29. The molecule has 0 radical (unpaired) electrons. The number of piperazine rings is 1. The highest BCUT2D eigenvalue weighted by molar-refractivity contribution is 6.61. The second-order valence-electron chi connectivity index (χ2n) is 6.85. The lowest BCUT2D eigenvalue weighted by atomic mass is 9.79. The van der Waals surface area contributed by atoms with E-state index < -0.39 is 7.12 Å². The van der Waals surface area contributed by atoms with Crippen molar-refractivity contribution >= 4 is 37.4 Å². The van der Waals surface area contributed by atoms with Crippen molar-refractivity contribution in [3.63, 3.8) is 0 Å². The van der Waals surface area contributed by atoms with Crippen molar-refractivity contribution < 1.29 is 14.4 Å². The molecule has 0 spiro atoms. The van der Waals surface area contributed by atoms with E-state index in [1.165, 1.54) is 5.56 Å². The van der Waals surface area contributed by atoms with Crippen LogP contribution in [0.4, 0.5) is 0 Å². The van der Waals surface area contributed by atoms with Crippen molar-refractivity contribution in [3.05, 3.63) is 53.6 Å². The Bertz CT molecular complexity index is 757. The number of halogens is 2. The Balaban J connectivity index is 0.00000131. The number of fused-ring (bicyclic) bond motifs is 1. The van der Waals surface area contributed by atoms with Gasteiger partial charge in [-0.05, 0) is 47.9 Å². The lowest BCUT2D eigenvalue weighted by Crippen LogP contribution is -2.43. The van der Waals surface area contributed by atoms with Crippen LogP contribution in [0.25, 0.3) is 0 Å². The lowest BCUT2D eigenvalue weighted by Gasteiger charge is -2.32. The number of ether oxygens (including phenoxy) is 1. The fraction of sp³-hybridized carbons (Fsp3) is 0.368. The van der Waals surface area contributed by atoms with Crippen LogP contribution in [0.2, 0.25) is 0 Å². The monoisotopic (exact) mass is 410 g/mol. The zero-order valence-corrected chi connectivity index (χ0v) is 17.0. The van der Waals surface area contributed by atoms with Gasteiger partial charge in [0.25, 0.3) is 0 Å². The maximum Gasteiger partial charge on any atom is 0.491 e. The molecule has 1 saturated heterocycles. The molecule has 2 heterocycles. The van der Waals surface area contributed by atoms with Gasteiger partial charge in [0.1, 0.15) is 11.5 Å². The summed E-state index contributed by atoms with van der Waals surface area (Å²) in [5.41, 5.74) is 3.07. The molecule has 2 aliphatic rings. The first-order chi connectivity index (χ1) is 12.2. The smallest absolute Gasteiger partial charge is 0.457 e. The first kappa shape index (κ1) is 22.0. The van der Waals surface area contributed by atoms with Crippen LogP contribution in [-0.2, 0) is 17.8 Å². The van der Waals surface area contributed by atoms with Crippen molar-refractivity contribution in [1.29, 1.82) is 0 Å². The van der Waals surface area contributed by atoms with E-state index in [2.05, 4.69) is 29.0 Å². The molecule has 8 heteroatoms. The van der Waals surface area contributed by atoms with Gasteiger partial charge < -0.3 is 19.3 Å². The zero-order chi connectivity index (χ0) is 17.2. The molecular formula is C19H25BCl2N2O3. The first-order valence-corrected chi connectivity index (χ1v) is 8.77. The molecule has 2 aromatic rings. The average molecular weight is 411 g/mol. The molecular weight excluding hydrogens is 386 g/mol. The maximum absolute atomic E-state index is 9.83. The quantitative estimate of drug-likeness (QED) is 0.783. The van der Waals surface area contributed by atoms with Crippen LogP contribution in [0.1, 0.15) is 11.1 Å². The van der Waals surface area contributed by atoms with Crippen LogP contribution in [0.5, 0.6) is 11.5 Å². The van der Waals surface area contributed by atoms with Gasteiger partial charge in [-0.15, -0.1) is 24.8 Å². The molecule has 0 amide bonds. The number of rotatable bonds is 4. The highest BCUT2D eigenvalue weighted by Gasteiger charge is 2.27. The van der Waals surface area contributed by atoms with Gasteiger partial charge in [0, 0.05) is 32.7 Å². The van der Waals surface area contributed by atoms with Crippen molar-refractivity contribution in [2.75, 3.05) is 33.2 Å². The highest BCUT2D eigenvalue weighted by atomic mass is 35.5. The molecule has 27 heavy (non-hydrogen) atoms. The summed E-state index contributed by atoms with van der Waals surface area (Å²) in [4.78, 5) is 4.84. The Morgan fingerprint density at radius 3 is 2.56 bits per heavy atom. The summed E-state index contributed by atoms with van der Waals surface area (Å²) in [6.07, 6.45) is 0. The van der Waals surface area contributed by atoms with E-state index in [0.717, 1.165) is 55.2 Å². The summed E-state index contributed by atoms with van der Waals surface area (Å²) >= 11 is 0. The van der Waals surface area contributed by atoms with Gasteiger partial charge in [-0.2, -0.15) is 0 Å². The minimum atomic E-state index is -0.845. The van der Waals surface area contributed by atoms with E-state index in [4.69, 9.17) is 9.39 Å². The molecule has 0 atom stereocenters. The molecule has 0 aromatic heterocycles. The van der Waals surface area contributed by atoms with Gasteiger partial charge in [-0.3, -0.25) is 4.90 Å². The number of hydrogen-bond donors (Lipinski definition) is 1. The molecule has 0 bridgehead atoms. The zero-order valence-electron chi connectivity index (χ0n) is 15.3. The molecule has 0 saturated carbocycles. The second kappa shape index (κ2) is 9.78. The third kappa shape index (κ3) is 5.38. The Morgan fingerprint density at radius 1 is 1.04 bits per heavy atom. The Labute approximate surface area is 173 Å². The number of nitrogens with zero attached hydrogens (tertiary/aromatic N) is 2. The normalized spacial score (nSPS) is 17.0. The Morgan fingerprint density at radius 2 is 1.78 bits per heavy atom. The minimum absolute atomic E-state index is 0. The van der Waals surface area contributed by atoms with Crippen molar-refractivity contribution in [1.82, 2.24) is 9.80 Å². The van der Waals surface area contributed by atoms with Crippen LogP contribution in [0, 0.1) is 0 Å². The Kier molecular flexibility index (Phi) is 7.97. The van der Waals surface area contributed by atoms with Gasteiger partial charge in [0.2, 0.25) is 0 Å². The van der Waals surface area contributed by atoms with E-state index in [0.29, 0.717) is 6.61 Å². The fourth-order valence-corrected chi connectivity index (χ4v) is 3.36. The summed E-state index contributed by atoms with van der Waals surface area (Å²) in [6, 6.07) is 14.0. The Hall–Kier alpha value is -1.28. The summed E-state index contributed by atoms with van der Waals surface area (Å²) in [5.74, 6) is 1.54. The average Bonchev–Trinajstić information content (AvgIpc) is 2.98. The lowest BCUT2D eigenvalue weighted by molar-refractivity contribution is 0.148. The van der Waals surface area contributed by atoms with Crippen LogP contribution in [0.15, 0.2) is 42.5 Å². The summed E-state index contributed by atoms with van der Waals surface area (Å²) in [7, 11) is 1.33.